The van der Waals surface area contributed by atoms with E-state index < -0.39 is 0 Å². The van der Waals surface area contributed by atoms with Gasteiger partial charge in [0.1, 0.15) is 18.2 Å². The van der Waals surface area contributed by atoms with Crippen molar-refractivity contribution in [2.75, 3.05) is 20.8 Å². The fourth-order valence-electron chi connectivity index (χ4n) is 5.82. The average Bonchev–Trinajstić information content (AvgIpc) is 3.58. The van der Waals surface area contributed by atoms with Crippen LogP contribution in [-0.2, 0) is 19.7 Å². The Morgan fingerprint density at radius 2 is 1.95 bits per heavy atom. The highest BCUT2D eigenvalue weighted by atomic mass is 19.1. The van der Waals surface area contributed by atoms with E-state index in [2.05, 4.69) is 38.1 Å². The summed E-state index contributed by atoms with van der Waals surface area (Å²) in [6, 6.07) is 5.78. The highest BCUT2D eigenvalue weighted by Gasteiger charge is 2.30. The molecule has 4 aromatic heterocycles. The zero-order valence-electron chi connectivity index (χ0n) is 23.5. The summed E-state index contributed by atoms with van der Waals surface area (Å²) < 4.78 is 28.9. The van der Waals surface area contributed by atoms with Crippen molar-refractivity contribution in [1.29, 1.82) is 5.26 Å². The van der Waals surface area contributed by atoms with Gasteiger partial charge < -0.3 is 19.9 Å². The molecule has 2 N–H and O–H groups in total. The molecular weight excluding hydrogens is 527 g/mol. The Labute approximate surface area is 238 Å². The highest BCUT2D eigenvalue weighted by molar-refractivity contribution is 5.75. The minimum absolute atomic E-state index is 0.174. The van der Waals surface area contributed by atoms with Gasteiger partial charge in [-0.05, 0) is 56.4 Å². The van der Waals surface area contributed by atoms with Gasteiger partial charge in [-0.3, -0.25) is 14.6 Å². The zero-order chi connectivity index (χ0) is 28.9. The Kier molecular flexibility index (Phi) is 8.66. The molecule has 0 aromatic carbocycles. The smallest absolute Gasteiger partial charge is 0.176 e. The summed E-state index contributed by atoms with van der Waals surface area (Å²) >= 11 is 0. The molecule has 0 saturated heterocycles. The summed E-state index contributed by atoms with van der Waals surface area (Å²) in [5.41, 5.74) is 5.48. The lowest BCUT2D eigenvalue weighted by Gasteiger charge is -2.38. The van der Waals surface area contributed by atoms with Crippen LogP contribution in [0.1, 0.15) is 42.6 Å². The Morgan fingerprint density at radius 3 is 2.66 bits per heavy atom. The molecule has 2 aliphatic rings. The van der Waals surface area contributed by atoms with E-state index in [0.29, 0.717) is 34.8 Å². The minimum Gasteiger partial charge on any atom is -0.493 e. The molecule has 1 saturated carbocycles. The van der Waals surface area contributed by atoms with Crippen LogP contribution in [0.25, 0.3) is 16.8 Å². The third-order valence-electron chi connectivity index (χ3n) is 7.95. The summed E-state index contributed by atoms with van der Waals surface area (Å²) in [4.78, 5) is 6.68. The largest absolute Gasteiger partial charge is 0.493 e. The number of aliphatic hydroxyl groups is 1. The minimum atomic E-state index is -0.387. The number of methoxy groups -OCH3 is 1. The molecule has 12 heteroatoms. The van der Waals surface area contributed by atoms with E-state index in [-0.39, 0.29) is 12.4 Å². The number of hydrogen-bond donors (Lipinski definition) is 2. The van der Waals surface area contributed by atoms with Crippen molar-refractivity contribution in [3.05, 3.63) is 59.6 Å². The number of ether oxygens (including phenoxy) is 2. The fraction of sp³-hybridized carbons (Fsp3) is 0.448. The molecule has 0 radical (unpaired) electrons. The first-order chi connectivity index (χ1) is 20.0. The number of nitriles is 1. The van der Waals surface area contributed by atoms with Crippen molar-refractivity contribution in [2.45, 2.75) is 64.4 Å². The third-order valence-corrected chi connectivity index (χ3v) is 7.95. The second kappa shape index (κ2) is 12.5. The van der Waals surface area contributed by atoms with Crippen molar-refractivity contribution in [1.82, 2.24) is 34.6 Å². The molecule has 1 aliphatic heterocycles. The molecule has 0 amide bonds. The normalized spacial score (nSPS) is 18.6. The predicted octanol–water partition coefficient (Wildman–Crippen LogP) is 3.43. The molecule has 0 bridgehead atoms. The lowest BCUT2D eigenvalue weighted by atomic mass is 9.90. The summed E-state index contributed by atoms with van der Waals surface area (Å²) in [6.45, 7) is 4.96. The Balaban J connectivity index is 0.00000165. The molecule has 4 aromatic rings. The van der Waals surface area contributed by atoms with Crippen LogP contribution in [-0.4, -0.2) is 67.2 Å². The van der Waals surface area contributed by atoms with Gasteiger partial charge in [-0.25, -0.2) is 8.91 Å². The summed E-state index contributed by atoms with van der Waals surface area (Å²) in [6.07, 6.45) is 11.1. The van der Waals surface area contributed by atoms with Crippen molar-refractivity contribution < 1.29 is 19.0 Å². The van der Waals surface area contributed by atoms with E-state index in [1.54, 1.807) is 23.9 Å². The first-order valence-electron chi connectivity index (χ1n) is 13.7. The first kappa shape index (κ1) is 28.3. The van der Waals surface area contributed by atoms with Crippen LogP contribution in [0, 0.1) is 24.2 Å². The Morgan fingerprint density at radius 1 is 1.15 bits per heavy atom. The van der Waals surface area contributed by atoms with Crippen LogP contribution in [0.5, 0.6) is 11.5 Å². The molecule has 1 aliphatic carbocycles. The number of aromatic nitrogens is 5. The number of nitrogens with zero attached hydrogens (tertiary/aromatic N) is 7. The topological polar surface area (TPSA) is 126 Å². The summed E-state index contributed by atoms with van der Waals surface area (Å²) in [5, 5.41) is 28.3. The fourth-order valence-corrected chi connectivity index (χ4v) is 5.82. The zero-order valence-corrected chi connectivity index (χ0v) is 23.5. The second-order valence-electron chi connectivity index (χ2n) is 10.2. The maximum absolute atomic E-state index is 13.3. The van der Waals surface area contributed by atoms with E-state index in [1.165, 1.54) is 18.0 Å². The molecule has 6 rings (SSSR count). The maximum Gasteiger partial charge on any atom is 0.176 e. The van der Waals surface area contributed by atoms with Crippen molar-refractivity contribution in [3.8, 4) is 28.9 Å². The van der Waals surface area contributed by atoms with E-state index in [9.17, 15) is 4.39 Å². The van der Waals surface area contributed by atoms with Gasteiger partial charge in [-0.1, -0.05) is 0 Å². The van der Waals surface area contributed by atoms with E-state index in [1.807, 2.05) is 12.3 Å². The average molecular weight is 563 g/mol. The number of nitrogens with one attached hydrogen (secondary N) is 1. The predicted molar refractivity (Wildman–Crippen MR) is 150 cm³/mol. The van der Waals surface area contributed by atoms with Crippen LogP contribution in [0.2, 0.25) is 0 Å². The van der Waals surface area contributed by atoms with Gasteiger partial charge in [-0.2, -0.15) is 15.5 Å². The quantitative estimate of drug-likeness (QED) is 0.257. The van der Waals surface area contributed by atoms with E-state index in [4.69, 9.17) is 24.9 Å². The van der Waals surface area contributed by atoms with Crippen molar-refractivity contribution in [3.63, 3.8) is 0 Å². The van der Waals surface area contributed by atoms with Crippen LogP contribution in [0.3, 0.4) is 0 Å². The number of fused-ring (bicyclic) bond motifs is 2. The second-order valence-corrected chi connectivity index (χ2v) is 10.2. The summed E-state index contributed by atoms with van der Waals surface area (Å²) in [7, 11) is 2.60. The molecule has 0 unspecified atom stereocenters. The summed E-state index contributed by atoms with van der Waals surface area (Å²) in [5.74, 6) is 0.796. The van der Waals surface area contributed by atoms with Gasteiger partial charge >= 0.3 is 0 Å². The number of halogens is 1. The molecule has 1 fully saturated rings. The Bertz CT molecular complexity index is 1520. The first-order valence-corrected chi connectivity index (χ1v) is 13.7. The third kappa shape index (κ3) is 5.82. The lowest BCUT2D eigenvalue weighted by Crippen LogP contribution is -2.45. The lowest BCUT2D eigenvalue weighted by molar-refractivity contribution is 0.112. The van der Waals surface area contributed by atoms with Gasteiger partial charge in [-0.15, -0.1) is 0 Å². The SMILES string of the molecule is CO.COc1cnn2cc(-c3nn4c(c3C)CN(C3CCC(NC#N)CC3)CC4)cc(OCc3ccc(F)cn3)c12. The molecule has 5 heterocycles. The van der Waals surface area contributed by atoms with Crippen LogP contribution in [0.4, 0.5) is 4.39 Å². The van der Waals surface area contributed by atoms with Gasteiger partial charge in [0, 0.05) is 44.0 Å². The van der Waals surface area contributed by atoms with Crippen molar-refractivity contribution >= 4 is 5.52 Å². The van der Waals surface area contributed by atoms with E-state index in [0.717, 1.165) is 69.2 Å². The number of pyridine rings is 2. The van der Waals surface area contributed by atoms with E-state index >= 15 is 0 Å². The van der Waals surface area contributed by atoms with Gasteiger partial charge in [0.2, 0.25) is 0 Å². The number of aliphatic hydroxyl groups excluding tert-OH is 1. The van der Waals surface area contributed by atoms with Gasteiger partial charge in [0.05, 0.1) is 43.1 Å². The molecule has 216 valence electrons. The Hall–Kier alpha value is -4.21. The standard InChI is InChI=1S/C28H31FN8O2.CH4O/c1-18-24-15-35(23-7-5-21(6-8-23)32-17-30)9-10-36(24)34-27(18)19-11-25(28-26(38-2)13-33-37(28)14-19)39-16-22-4-3-20(29)12-31-22;1-2/h3-4,11-14,21,23,32H,5-10,15-16H2,1-2H3;2H,1H3. The molecule has 0 atom stereocenters. The monoisotopic (exact) mass is 562 g/mol. The van der Waals surface area contributed by atoms with Crippen LogP contribution >= 0.6 is 0 Å². The molecular formula is C29H35FN8O3. The van der Waals surface area contributed by atoms with Gasteiger partial charge in [0.25, 0.3) is 0 Å². The molecule has 41 heavy (non-hydrogen) atoms. The number of rotatable bonds is 7. The highest BCUT2D eigenvalue weighted by Crippen LogP contribution is 2.36. The molecule has 11 nitrogen and oxygen atoms in total. The van der Waals surface area contributed by atoms with Crippen LogP contribution in [0.15, 0.2) is 36.8 Å². The maximum atomic E-state index is 13.3. The molecule has 0 spiro atoms. The van der Waals surface area contributed by atoms with Gasteiger partial charge in [0.15, 0.2) is 17.5 Å². The number of hydrogen-bond acceptors (Lipinski definition) is 9. The van der Waals surface area contributed by atoms with Crippen LogP contribution < -0.4 is 14.8 Å². The van der Waals surface area contributed by atoms with Crippen molar-refractivity contribution in [2.24, 2.45) is 0 Å².